The van der Waals surface area contributed by atoms with E-state index in [9.17, 15) is 5.11 Å². The van der Waals surface area contributed by atoms with Gasteiger partial charge in [-0.25, -0.2) is 0 Å². The first-order valence-corrected chi connectivity index (χ1v) is 6.16. The molecule has 4 heteroatoms. The predicted molar refractivity (Wildman–Crippen MR) is 67.9 cm³/mol. The minimum Gasteiger partial charge on any atom is -0.385 e. The van der Waals surface area contributed by atoms with E-state index in [0.717, 1.165) is 12.0 Å². The van der Waals surface area contributed by atoms with E-state index in [1.54, 1.807) is 19.1 Å². The molecule has 1 aliphatic heterocycles. The number of hydrogen-bond donors (Lipinski definition) is 2. The molecule has 0 bridgehead atoms. The van der Waals surface area contributed by atoms with Gasteiger partial charge in [-0.1, -0.05) is 23.7 Å². The van der Waals surface area contributed by atoms with Crippen molar-refractivity contribution in [3.05, 3.63) is 34.9 Å². The Morgan fingerprint density at radius 2 is 2.12 bits per heavy atom. The molecular formula is C13H18ClNO2. The third kappa shape index (κ3) is 2.08. The molecule has 1 aromatic carbocycles. The third-order valence-corrected chi connectivity index (χ3v) is 4.19. The van der Waals surface area contributed by atoms with Crippen molar-refractivity contribution in [3.63, 3.8) is 0 Å². The molecule has 0 aliphatic carbocycles. The molecule has 0 radical (unpaired) electrons. The van der Waals surface area contributed by atoms with Gasteiger partial charge in [-0.3, -0.25) is 0 Å². The van der Waals surface area contributed by atoms with E-state index in [-0.39, 0.29) is 0 Å². The molecule has 1 aromatic rings. The van der Waals surface area contributed by atoms with Crippen molar-refractivity contribution < 1.29 is 9.84 Å². The average Bonchev–Trinajstić information content (AvgIpc) is 2.79. The fourth-order valence-corrected chi connectivity index (χ4v) is 2.56. The Labute approximate surface area is 107 Å². The van der Waals surface area contributed by atoms with Crippen molar-refractivity contribution in [1.82, 2.24) is 0 Å². The molecule has 1 aliphatic rings. The fourth-order valence-electron chi connectivity index (χ4n) is 2.43. The minimum atomic E-state index is -0.997. The zero-order chi connectivity index (χ0) is 12.5. The van der Waals surface area contributed by atoms with Gasteiger partial charge in [0.1, 0.15) is 0 Å². The highest BCUT2D eigenvalue weighted by atomic mass is 35.5. The minimum absolute atomic E-state index is 0.402. The smallest absolute Gasteiger partial charge is 0.0959 e. The second-order valence-corrected chi connectivity index (χ2v) is 5.30. The SMILES string of the molecule is CC(O)(c1ccc(Cl)cc1)C1(CN)CCOC1. The quantitative estimate of drug-likeness (QED) is 0.868. The largest absolute Gasteiger partial charge is 0.385 e. The van der Waals surface area contributed by atoms with Crippen LogP contribution in [0.4, 0.5) is 0 Å². The van der Waals surface area contributed by atoms with Gasteiger partial charge in [-0.2, -0.15) is 0 Å². The fraction of sp³-hybridized carbons (Fsp3) is 0.538. The van der Waals surface area contributed by atoms with Crippen LogP contribution < -0.4 is 5.73 Å². The van der Waals surface area contributed by atoms with Crippen molar-refractivity contribution in [2.24, 2.45) is 11.1 Å². The highest BCUT2D eigenvalue weighted by Crippen LogP contribution is 2.45. The molecule has 2 rings (SSSR count). The van der Waals surface area contributed by atoms with E-state index in [1.165, 1.54) is 0 Å². The van der Waals surface area contributed by atoms with Crippen LogP contribution in [0.15, 0.2) is 24.3 Å². The Balaban J connectivity index is 2.37. The zero-order valence-corrected chi connectivity index (χ0v) is 10.7. The van der Waals surface area contributed by atoms with Crippen molar-refractivity contribution in [3.8, 4) is 0 Å². The average molecular weight is 256 g/mol. The number of nitrogens with two attached hydrogens (primary N) is 1. The molecule has 1 saturated heterocycles. The predicted octanol–water partition coefficient (Wildman–Crippen LogP) is 1.91. The molecule has 1 fully saturated rings. The van der Waals surface area contributed by atoms with Crippen molar-refractivity contribution in [1.29, 1.82) is 0 Å². The molecule has 3 N–H and O–H groups in total. The van der Waals surface area contributed by atoms with Gasteiger partial charge >= 0.3 is 0 Å². The van der Waals surface area contributed by atoms with Crippen molar-refractivity contribution >= 4 is 11.6 Å². The Kier molecular flexibility index (Phi) is 3.46. The maximum absolute atomic E-state index is 10.8. The normalized spacial score (nSPS) is 28.0. The van der Waals surface area contributed by atoms with E-state index in [4.69, 9.17) is 22.1 Å². The molecular weight excluding hydrogens is 238 g/mol. The second kappa shape index (κ2) is 4.58. The van der Waals surface area contributed by atoms with Crippen LogP contribution in [-0.2, 0) is 10.3 Å². The number of rotatable bonds is 3. The number of hydrogen-bond acceptors (Lipinski definition) is 3. The van der Waals surface area contributed by atoms with Crippen molar-refractivity contribution in [2.75, 3.05) is 19.8 Å². The summed E-state index contributed by atoms with van der Waals surface area (Å²) in [5, 5.41) is 11.5. The number of ether oxygens (including phenoxy) is 1. The highest BCUT2D eigenvalue weighted by molar-refractivity contribution is 6.30. The van der Waals surface area contributed by atoms with E-state index in [0.29, 0.717) is 24.8 Å². The van der Waals surface area contributed by atoms with Crippen LogP contribution in [0.5, 0.6) is 0 Å². The number of aliphatic hydroxyl groups is 1. The standard InChI is InChI=1S/C13H18ClNO2/c1-12(16,10-2-4-11(14)5-3-10)13(8-15)6-7-17-9-13/h2-5,16H,6-9,15H2,1H3. The van der Waals surface area contributed by atoms with E-state index >= 15 is 0 Å². The molecule has 0 amide bonds. The monoisotopic (exact) mass is 255 g/mol. The van der Waals surface area contributed by atoms with Gasteiger partial charge in [0.15, 0.2) is 0 Å². The summed E-state index contributed by atoms with van der Waals surface area (Å²) in [6.45, 7) is 3.36. The first-order chi connectivity index (χ1) is 8.02. The lowest BCUT2D eigenvalue weighted by atomic mass is 9.69. The van der Waals surface area contributed by atoms with Crippen LogP contribution >= 0.6 is 11.6 Å². The molecule has 2 unspecified atom stereocenters. The van der Waals surface area contributed by atoms with Gasteiger partial charge < -0.3 is 15.6 Å². The summed E-state index contributed by atoms with van der Waals surface area (Å²) in [5.74, 6) is 0. The molecule has 0 spiro atoms. The summed E-state index contributed by atoms with van der Waals surface area (Å²) in [6.07, 6.45) is 0.777. The van der Waals surface area contributed by atoms with Crippen LogP contribution in [-0.4, -0.2) is 24.9 Å². The van der Waals surface area contributed by atoms with Crippen LogP contribution in [0.1, 0.15) is 18.9 Å². The first kappa shape index (κ1) is 12.8. The summed E-state index contributed by atoms with van der Waals surface area (Å²) in [7, 11) is 0. The van der Waals surface area contributed by atoms with Gasteiger partial charge in [0, 0.05) is 23.6 Å². The maximum atomic E-state index is 10.8. The molecule has 3 nitrogen and oxygen atoms in total. The lowest BCUT2D eigenvalue weighted by Crippen LogP contribution is -2.49. The van der Waals surface area contributed by atoms with Crippen LogP contribution in [0.25, 0.3) is 0 Å². The van der Waals surface area contributed by atoms with Gasteiger partial charge in [0.2, 0.25) is 0 Å². The summed E-state index contributed by atoms with van der Waals surface area (Å²) >= 11 is 5.86. The Morgan fingerprint density at radius 3 is 2.59 bits per heavy atom. The Morgan fingerprint density at radius 1 is 1.47 bits per heavy atom. The van der Waals surface area contributed by atoms with E-state index in [1.807, 2.05) is 12.1 Å². The maximum Gasteiger partial charge on any atom is 0.0959 e. The highest BCUT2D eigenvalue weighted by Gasteiger charge is 2.49. The molecule has 94 valence electrons. The van der Waals surface area contributed by atoms with Gasteiger partial charge in [0.25, 0.3) is 0 Å². The second-order valence-electron chi connectivity index (χ2n) is 4.87. The van der Waals surface area contributed by atoms with E-state index < -0.39 is 11.0 Å². The molecule has 0 aromatic heterocycles. The molecule has 0 saturated carbocycles. The lowest BCUT2D eigenvalue weighted by Gasteiger charge is -2.41. The van der Waals surface area contributed by atoms with Crippen LogP contribution in [0, 0.1) is 5.41 Å². The topological polar surface area (TPSA) is 55.5 Å². The third-order valence-electron chi connectivity index (χ3n) is 3.93. The summed E-state index contributed by atoms with van der Waals surface area (Å²) in [5.41, 5.74) is 5.29. The van der Waals surface area contributed by atoms with Gasteiger partial charge in [-0.15, -0.1) is 0 Å². The van der Waals surface area contributed by atoms with Crippen LogP contribution in [0.2, 0.25) is 5.02 Å². The summed E-state index contributed by atoms with van der Waals surface area (Å²) < 4.78 is 5.42. The Hall–Kier alpha value is -0.610. The lowest BCUT2D eigenvalue weighted by molar-refractivity contribution is -0.0747. The number of benzene rings is 1. The summed E-state index contributed by atoms with van der Waals surface area (Å²) in [6, 6.07) is 7.26. The summed E-state index contributed by atoms with van der Waals surface area (Å²) in [4.78, 5) is 0. The first-order valence-electron chi connectivity index (χ1n) is 5.78. The zero-order valence-electron chi connectivity index (χ0n) is 9.95. The van der Waals surface area contributed by atoms with Crippen molar-refractivity contribution in [2.45, 2.75) is 18.9 Å². The number of halogens is 1. The van der Waals surface area contributed by atoms with E-state index in [2.05, 4.69) is 0 Å². The van der Waals surface area contributed by atoms with Crippen LogP contribution in [0.3, 0.4) is 0 Å². The van der Waals surface area contributed by atoms with Gasteiger partial charge in [0.05, 0.1) is 12.2 Å². The molecule has 2 atom stereocenters. The molecule has 1 heterocycles. The molecule has 17 heavy (non-hydrogen) atoms. The van der Waals surface area contributed by atoms with Gasteiger partial charge in [-0.05, 0) is 31.0 Å². The Bertz CT molecular complexity index is 383.